The van der Waals surface area contributed by atoms with Gasteiger partial charge in [-0.05, 0) is 25.1 Å². The first kappa shape index (κ1) is 9.03. The van der Waals surface area contributed by atoms with Crippen molar-refractivity contribution in [2.24, 2.45) is 0 Å². The lowest BCUT2D eigenvalue weighted by Gasteiger charge is -2.07. The fourth-order valence-corrected chi connectivity index (χ4v) is 2.58. The maximum atomic E-state index is 13.2. The zero-order valence-corrected chi connectivity index (χ0v) is 8.11. The van der Waals surface area contributed by atoms with Gasteiger partial charge in [-0.1, -0.05) is 12.1 Å². The van der Waals surface area contributed by atoms with E-state index in [2.05, 4.69) is 5.32 Å². The summed E-state index contributed by atoms with van der Waals surface area (Å²) < 4.78 is 13.2. The molecule has 1 heterocycles. The Morgan fingerprint density at radius 2 is 2.23 bits per heavy atom. The van der Waals surface area contributed by atoms with Crippen molar-refractivity contribution in [2.45, 2.75) is 16.6 Å². The van der Waals surface area contributed by atoms with E-state index < -0.39 is 0 Å². The van der Waals surface area contributed by atoms with E-state index in [-0.39, 0.29) is 5.82 Å². The molecule has 70 valence electrons. The largest absolute Gasteiger partial charge is 0.316 e. The zero-order chi connectivity index (χ0) is 9.10. The molecule has 0 unspecified atom stereocenters. The molecule has 13 heavy (non-hydrogen) atoms. The minimum Gasteiger partial charge on any atom is -0.316 e. The molecule has 3 heteroatoms. The summed E-state index contributed by atoms with van der Waals surface area (Å²) >= 11 is 1.64. The molecule has 0 amide bonds. The van der Waals surface area contributed by atoms with Crippen molar-refractivity contribution >= 4 is 11.8 Å². The molecular weight excluding hydrogens is 185 g/mol. The Labute approximate surface area is 81.7 Å². The van der Waals surface area contributed by atoms with Gasteiger partial charge in [-0.25, -0.2) is 4.39 Å². The molecule has 1 atom stereocenters. The lowest BCUT2D eigenvalue weighted by atomic mass is 10.3. The van der Waals surface area contributed by atoms with Gasteiger partial charge in [0, 0.05) is 16.7 Å². The maximum Gasteiger partial charge on any atom is 0.136 e. The van der Waals surface area contributed by atoms with Crippen molar-refractivity contribution < 1.29 is 4.39 Å². The number of halogens is 1. The second kappa shape index (κ2) is 4.11. The molecule has 1 saturated heterocycles. The molecule has 2 rings (SSSR count). The third-order valence-corrected chi connectivity index (χ3v) is 3.47. The lowest BCUT2D eigenvalue weighted by molar-refractivity contribution is 0.601. The number of hydrogen-bond acceptors (Lipinski definition) is 2. The van der Waals surface area contributed by atoms with E-state index in [1.54, 1.807) is 17.8 Å². The smallest absolute Gasteiger partial charge is 0.136 e. The predicted octanol–water partition coefficient (Wildman–Crippen LogP) is 2.28. The summed E-state index contributed by atoms with van der Waals surface area (Å²) in [4.78, 5) is 0.774. The average molecular weight is 197 g/mol. The summed E-state index contributed by atoms with van der Waals surface area (Å²) in [6.07, 6.45) is 1.14. The molecule has 1 aromatic carbocycles. The van der Waals surface area contributed by atoms with Gasteiger partial charge in [-0.3, -0.25) is 0 Å². The Hall–Kier alpha value is -0.540. The van der Waals surface area contributed by atoms with Crippen LogP contribution >= 0.6 is 11.8 Å². The number of thioether (sulfide) groups is 1. The van der Waals surface area contributed by atoms with Gasteiger partial charge in [-0.2, -0.15) is 0 Å². The van der Waals surface area contributed by atoms with Gasteiger partial charge in [0.2, 0.25) is 0 Å². The van der Waals surface area contributed by atoms with E-state index in [1.807, 2.05) is 12.1 Å². The van der Waals surface area contributed by atoms with Crippen LogP contribution in [0.15, 0.2) is 29.2 Å². The fourth-order valence-electron chi connectivity index (χ4n) is 1.45. The van der Waals surface area contributed by atoms with E-state index in [9.17, 15) is 4.39 Å². The summed E-state index contributed by atoms with van der Waals surface area (Å²) in [6, 6.07) is 6.98. The normalized spacial score (nSPS) is 22.1. The predicted molar refractivity (Wildman–Crippen MR) is 53.5 cm³/mol. The minimum absolute atomic E-state index is 0.0978. The fraction of sp³-hybridized carbons (Fsp3) is 0.400. The van der Waals surface area contributed by atoms with Crippen molar-refractivity contribution in [2.75, 3.05) is 13.1 Å². The second-order valence-corrected chi connectivity index (χ2v) is 4.51. The van der Waals surface area contributed by atoms with E-state index in [1.165, 1.54) is 6.07 Å². The Bertz CT molecular complexity index is 284. The van der Waals surface area contributed by atoms with Gasteiger partial charge in [0.25, 0.3) is 0 Å². The summed E-state index contributed by atoms with van der Waals surface area (Å²) in [5.41, 5.74) is 0. The van der Waals surface area contributed by atoms with Crippen molar-refractivity contribution in [3.05, 3.63) is 30.1 Å². The molecule has 0 bridgehead atoms. The highest BCUT2D eigenvalue weighted by Gasteiger charge is 2.16. The number of benzene rings is 1. The summed E-state index contributed by atoms with van der Waals surface area (Å²) in [5.74, 6) is -0.0978. The lowest BCUT2D eigenvalue weighted by Crippen LogP contribution is -2.10. The van der Waals surface area contributed by atoms with Crippen molar-refractivity contribution in [1.29, 1.82) is 0 Å². The zero-order valence-electron chi connectivity index (χ0n) is 7.29. The first-order valence-corrected chi connectivity index (χ1v) is 5.36. The molecule has 0 aromatic heterocycles. The van der Waals surface area contributed by atoms with Crippen molar-refractivity contribution in [3.8, 4) is 0 Å². The molecule has 1 aliphatic heterocycles. The van der Waals surface area contributed by atoms with E-state index >= 15 is 0 Å². The summed E-state index contributed by atoms with van der Waals surface area (Å²) in [7, 11) is 0. The number of hydrogen-bond donors (Lipinski definition) is 1. The Morgan fingerprint density at radius 3 is 2.92 bits per heavy atom. The van der Waals surface area contributed by atoms with Crippen LogP contribution in [-0.2, 0) is 0 Å². The molecule has 1 aliphatic rings. The molecule has 1 aromatic rings. The van der Waals surface area contributed by atoms with E-state index in [4.69, 9.17) is 0 Å². The number of rotatable bonds is 2. The molecular formula is C10H12FNS. The van der Waals surface area contributed by atoms with Crippen LogP contribution in [0.4, 0.5) is 4.39 Å². The third kappa shape index (κ3) is 2.23. The van der Waals surface area contributed by atoms with Gasteiger partial charge < -0.3 is 5.32 Å². The van der Waals surface area contributed by atoms with Crippen LogP contribution in [0.1, 0.15) is 6.42 Å². The first-order chi connectivity index (χ1) is 6.36. The molecule has 0 spiro atoms. The Balaban J connectivity index is 2.04. The van der Waals surface area contributed by atoms with Crippen LogP contribution in [0.5, 0.6) is 0 Å². The monoisotopic (exact) mass is 197 g/mol. The van der Waals surface area contributed by atoms with E-state index in [0.29, 0.717) is 5.25 Å². The Kier molecular flexibility index (Phi) is 2.86. The molecule has 0 radical (unpaired) electrons. The van der Waals surface area contributed by atoms with Crippen LogP contribution in [0.2, 0.25) is 0 Å². The van der Waals surface area contributed by atoms with Crippen LogP contribution in [0.3, 0.4) is 0 Å². The highest BCUT2D eigenvalue weighted by molar-refractivity contribution is 8.00. The SMILES string of the molecule is Fc1ccccc1S[C@@H]1CCNC1. The van der Waals surface area contributed by atoms with Crippen LogP contribution < -0.4 is 5.32 Å². The van der Waals surface area contributed by atoms with Crippen LogP contribution in [-0.4, -0.2) is 18.3 Å². The molecule has 1 N–H and O–H groups in total. The van der Waals surface area contributed by atoms with Gasteiger partial charge >= 0.3 is 0 Å². The molecule has 1 fully saturated rings. The third-order valence-electron chi connectivity index (χ3n) is 2.15. The van der Waals surface area contributed by atoms with Gasteiger partial charge in [-0.15, -0.1) is 11.8 Å². The first-order valence-electron chi connectivity index (χ1n) is 4.48. The maximum absolute atomic E-state index is 13.2. The van der Waals surface area contributed by atoms with E-state index in [0.717, 1.165) is 24.4 Å². The molecule has 0 aliphatic carbocycles. The minimum atomic E-state index is -0.0978. The van der Waals surface area contributed by atoms with Gasteiger partial charge in [0.1, 0.15) is 5.82 Å². The van der Waals surface area contributed by atoms with Crippen molar-refractivity contribution in [1.82, 2.24) is 5.32 Å². The average Bonchev–Trinajstić information content (AvgIpc) is 2.61. The second-order valence-electron chi connectivity index (χ2n) is 3.16. The standard InChI is InChI=1S/C10H12FNS/c11-9-3-1-2-4-10(9)13-8-5-6-12-7-8/h1-4,8,12H,5-7H2/t8-/m1/s1. The summed E-state index contributed by atoms with van der Waals surface area (Å²) in [5, 5.41) is 3.81. The van der Waals surface area contributed by atoms with Crippen molar-refractivity contribution in [3.63, 3.8) is 0 Å². The highest BCUT2D eigenvalue weighted by Crippen LogP contribution is 2.28. The van der Waals surface area contributed by atoms with Crippen LogP contribution in [0, 0.1) is 5.82 Å². The quantitative estimate of drug-likeness (QED) is 0.780. The number of nitrogens with one attached hydrogen (secondary N) is 1. The molecule has 1 nitrogen and oxygen atoms in total. The Morgan fingerprint density at radius 1 is 1.38 bits per heavy atom. The topological polar surface area (TPSA) is 12.0 Å². The summed E-state index contributed by atoms with van der Waals surface area (Å²) in [6.45, 7) is 2.06. The highest BCUT2D eigenvalue weighted by atomic mass is 32.2. The van der Waals surface area contributed by atoms with Gasteiger partial charge in [0.05, 0.1) is 0 Å². The van der Waals surface area contributed by atoms with Crippen LogP contribution in [0.25, 0.3) is 0 Å². The van der Waals surface area contributed by atoms with Gasteiger partial charge in [0.15, 0.2) is 0 Å². The molecule has 0 saturated carbocycles.